The highest BCUT2D eigenvalue weighted by atomic mass is 35.5. The van der Waals surface area contributed by atoms with Gasteiger partial charge in [-0.1, -0.05) is 59.6 Å². The zero-order chi connectivity index (χ0) is 27.2. The highest BCUT2D eigenvalue weighted by molar-refractivity contribution is 7.92. The lowest BCUT2D eigenvalue weighted by molar-refractivity contribution is -0.139. The number of hydrogen-bond donors (Lipinski definition) is 1. The third kappa shape index (κ3) is 7.03. The molecule has 0 saturated heterocycles. The minimum atomic E-state index is -4.14. The van der Waals surface area contributed by atoms with Gasteiger partial charge in [0.15, 0.2) is 0 Å². The molecule has 0 spiro atoms. The number of carbonyl (C=O) groups is 2. The second-order valence-corrected chi connectivity index (χ2v) is 11.2. The number of nitrogens with one attached hydrogen (secondary N) is 1. The molecule has 3 aromatic rings. The minimum Gasteiger partial charge on any atom is -0.355 e. The molecule has 0 bridgehead atoms. The van der Waals surface area contributed by atoms with E-state index < -0.39 is 28.5 Å². The minimum absolute atomic E-state index is 0.0283. The summed E-state index contributed by atoms with van der Waals surface area (Å²) in [7, 11) is -4.14. The first kappa shape index (κ1) is 28.5. The van der Waals surface area contributed by atoms with Crippen molar-refractivity contribution in [1.29, 1.82) is 0 Å². The molecule has 0 fully saturated rings. The van der Waals surface area contributed by atoms with E-state index in [0.717, 1.165) is 15.4 Å². The number of amides is 2. The Kier molecular flexibility index (Phi) is 9.59. The fourth-order valence-electron chi connectivity index (χ4n) is 3.68. The van der Waals surface area contributed by atoms with E-state index in [1.54, 1.807) is 75.4 Å². The van der Waals surface area contributed by atoms with Gasteiger partial charge in [0.05, 0.1) is 10.6 Å². The maximum absolute atomic E-state index is 13.8. The van der Waals surface area contributed by atoms with Crippen LogP contribution in [0, 0.1) is 6.92 Å². The molecule has 2 amide bonds. The van der Waals surface area contributed by atoms with Crippen LogP contribution < -0.4 is 9.62 Å². The van der Waals surface area contributed by atoms with Gasteiger partial charge >= 0.3 is 0 Å². The number of halogens is 2. The molecule has 0 heterocycles. The molecule has 0 radical (unpaired) electrons. The van der Waals surface area contributed by atoms with Crippen molar-refractivity contribution < 1.29 is 18.0 Å². The third-order valence-corrected chi connectivity index (χ3v) is 8.29. The number of sulfonamides is 1. The van der Waals surface area contributed by atoms with Gasteiger partial charge in [-0.25, -0.2) is 8.42 Å². The number of rotatable bonds is 10. The first-order chi connectivity index (χ1) is 17.5. The Balaban J connectivity index is 2.03. The van der Waals surface area contributed by atoms with Crippen molar-refractivity contribution in [3.05, 3.63) is 94.0 Å². The Morgan fingerprint density at radius 2 is 1.62 bits per heavy atom. The largest absolute Gasteiger partial charge is 0.355 e. The normalized spacial score (nSPS) is 12.0. The molecule has 196 valence electrons. The molecule has 3 rings (SSSR count). The molecule has 1 N–H and O–H groups in total. The van der Waals surface area contributed by atoms with Crippen LogP contribution in [-0.2, 0) is 26.2 Å². The second-order valence-electron chi connectivity index (χ2n) is 8.48. The van der Waals surface area contributed by atoms with Crippen molar-refractivity contribution in [2.24, 2.45) is 0 Å². The van der Waals surface area contributed by atoms with E-state index in [1.807, 2.05) is 0 Å². The van der Waals surface area contributed by atoms with E-state index in [1.165, 1.54) is 23.1 Å². The lowest BCUT2D eigenvalue weighted by Gasteiger charge is -2.32. The van der Waals surface area contributed by atoms with Gasteiger partial charge in [-0.15, -0.1) is 0 Å². The molecule has 0 aliphatic rings. The average molecular weight is 563 g/mol. The quantitative estimate of drug-likeness (QED) is 0.375. The van der Waals surface area contributed by atoms with Crippen LogP contribution in [0.2, 0.25) is 10.0 Å². The fraction of sp³-hybridized carbons (Fsp3) is 0.259. The maximum atomic E-state index is 13.8. The van der Waals surface area contributed by atoms with Crippen LogP contribution >= 0.6 is 23.2 Å². The van der Waals surface area contributed by atoms with E-state index >= 15 is 0 Å². The summed E-state index contributed by atoms with van der Waals surface area (Å²) in [5.74, 6) is -0.898. The van der Waals surface area contributed by atoms with Crippen molar-refractivity contribution in [3.63, 3.8) is 0 Å². The summed E-state index contributed by atoms with van der Waals surface area (Å²) in [6, 6.07) is 18.7. The van der Waals surface area contributed by atoms with Crippen LogP contribution in [-0.4, -0.2) is 44.3 Å². The van der Waals surface area contributed by atoms with Gasteiger partial charge in [0.1, 0.15) is 12.6 Å². The van der Waals surface area contributed by atoms with Gasteiger partial charge in [0, 0.05) is 23.1 Å². The molecule has 37 heavy (non-hydrogen) atoms. The topological polar surface area (TPSA) is 86.8 Å². The Morgan fingerprint density at radius 3 is 2.22 bits per heavy atom. The van der Waals surface area contributed by atoms with Gasteiger partial charge in [-0.3, -0.25) is 13.9 Å². The van der Waals surface area contributed by atoms with Gasteiger partial charge in [0.2, 0.25) is 11.8 Å². The Morgan fingerprint density at radius 1 is 0.973 bits per heavy atom. The smallest absolute Gasteiger partial charge is 0.264 e. The highest BCUT2D eigenvalue weighted by Gasteiger charge is 2.32. The summed E-state index contributed by atoms with van der Waals surface area (Å²) < 4.78 is 28.4. The lowest BCUT2D eigenvalue weighted by Crippen LogP contribution is -2.51. The first-order valence-corrected chi connectivity index (χ1v) is 13.9. The van der Waals surface area contributed by atoms with Crippen molar-refractivity contribution in [2.45, 2.75) is 38.3 Å². The van der Waals surface area contributed by atoms with E-state index in [0.29, 0.717) is 16.6 Å². The van der Waals surface area contributed by atoms with Crippen LogP contribution in [0.15, 0.2) is 77.7 Å². The van der Waals surface area contributed by atoms with E-state index in [2.05, 4.69) is 5.32 Å². The van der Waals surface area contributed by atoms with Gasteiger partial charge in [0.25, 0.3) is 10.0 Å². The predicted octanol–water partition coefficient (Wildman–Crippen LogP) is 5.05. The molecular formula is C27H29Cl2N3O4S. The summed E-state index contributed by atoms with van der Waals surface area (Å²) in [4.78, 5) is 27.9. The SMILES string of the molecule is CCNC(=O)C(C)N(Cc1ccc(Cl)cc1)C(=O)CN(c1ccc(C)c(Cl)c1)S(=O)(=O)c1ccccc1. The number of hydrogen-bond acceptors (Lipinski definition) is 4. The predicted molar refractivity (Wildman–Crippen MR) is 147 cm³/mol. The zero-order valence-electron chi connectivity index (χ0n) is 20.8. The second kappa shape index (κ2) is 12.4. The monoisotopic (exact) mass is 561 g/mol. The van der Waals surface area contributed by atoms with Crippen LogP contribution in [0.1, 0.15) is 25.0 Å². The summed E-state index contributed by atoms with van der Waals surface area (Å²) in [6.45, 7) is 5.14. The van der Waals surface area contributed by atoms with Crippen LogP contribution in [0.3, 0.4) is 0 Å². The van der Waals surface area contributed by atoms with Crippen LogP contribution in [0.5, 0.6) is 0 Å². The van der Waals surface area contributed by atoms with E-state index in [4.69, 9.17) is 23.2 Å². The van der Waals surface area contributed by atoms with Gasteiger partial charge in [-0.2, -0.15) is 0 Å². The molecule has 0 aromatic heterocycles. The highest BCUT2D eigenvalue weighted by Crippen LogP contribution is 2.28. The zero-order valence-corrected chi connectivity index (χ0v) is 23.1. The summed E-state index contributed by atoms with van der Waals surface area (Å²) in [5, 5.41) is 3.63. The molecule has 0 saturated carbocycles. The van der Waals surface area contributed by atoms with Crippen LogP contribution in [0.25, 0.3) is 0 Å². The molecule has 0 aliphatic heterocycles. The number of benzene rings is 3. The van der Waals surface area contributed by atoms with E-state index in [-0.39, 0.29) is 23.0 Å². The number of aryl methyl sites for hydroxylation is 1. The Hall–Kier alpha value is -3.07. The number of anilines is 1. The molecule has 3 aromatic carbocycles. The van der Waals surface area contributed by atoms with Crippen molar-refractivity contribution in [3.8, 4) is 0 Å². The lowest BCUT2D eigenvalue weighted by atomic mass is 10.1. The number of nitrogens with zero attached hydrogens (tertiary/aromatic N) is 2. The molecule has 1 atom stereocenters. The maximum Gasteiger partial charge on any atom is 0.264 e. The molecule has 7 nitrogen and oxygen atoms in total. The molecule has 1 unspecified atom stereocenters. The van der Waals surface area contributed by atoms with Crippen molar-refractivity contribution in [1.82, 2.24) is 10.2 Å². The number of likely N-dealkylation sites (N-methyl/N-ethyl adjacent to an activating group) is 1. The molecule has 0 aliphatic carbocycles. The third-order valence-electron chi connectivity index (χ3n) is 5.84. The summed E-state index contributed by atoms with van der Waals surface area (Å²) in [6.07, 6.45) is 0. The van der Waals surface area contributed by atoms with Crippen molar-refractivity contribution in [2.75, 3.05) is 17.4 Å². The van der Waals surface area contributed by atoms with E-state index in [9.17, 15) is 18.0 Å². The molecular weight excluding hydrogens is 533 g/mol. The number of carbonyl (C=O) groups excluding carboxylic acids is 2. The van der Waals surface area contributed by atoms with Gasteiger partial charge < -0.3 is 10.2 Å². The van der Waals surface area contributed by atoms with Crippen molar-refractivity contribution >= 4 is 50.7 Å². The fourth-order valence-corrected chi connectivity index (χ4v) is 5.40. The standard InChI is InChI=1S/C27H29Cl2N3O4S/c1-4-30-27(34)20(3)31(17-21-11-13-22(28)14-12-21)26(33)18-32(23-15-10-19(2)25(29)16-23)37(35,36)24-8-6-5-7-9-24/h5-16,20H,4,17-18H2,1-3H3,(H,30,34). The summed E-state index contributed by atoms with van der Waals surface area (Å²) >= 11 is 12.3. The first-order valence-electron chi connectivity index (χ1n) is 11.7. The summed E-state index contributed by atoms with van der Waals surface area (Å²) in [5.41, 5.74) is 1.75. The van der Waals surface area contributed by atoms with Crippen LogP contribution in [0.4, 0.5) is 5.69 Å². The average Bonchev–Trinajstić information content (AvgIpc) is 2.88. The molecule has 10 heteroatoms. The Labute approximate surface area is 228 Å². The van der Waals surface area contributed by atoms with Gasteiger partial charge in [-0.05, 0) is 68.3 Å². The Bertz CT molecular complexity index is 1350.